The van der Waals surface area contributed by atoms with Crippen LogP contribution in [0.4, 0.5) is 0 Å². The van der Waals surface area contributed by atoms with Crippen molar-refractivity contribution in [1.29, 1.82) is 0 Å². The summed E-state index contributed by atoms with van der Waals surface area (Å²) < 4.78 is 0. The summed E-state index contributed by atoms with van der Waals surface area (Å²) in [6.45, 7) is 7.93. The van der Waals surface area contributed by atoms with Crippen LogP contribution in [-0.4, -0.2) is 11.2 Å². The fraction of sp³-hybridized carbons (Fsp3) is 0.385. The molecule has 1 atom stereocenters. The fourth-order valence-corrected chi connectivity index (χ4v) is 1.40. The van der Waals surface area contributed by atoms with Crippen molar-refractivity contribution in [3.8, 4) is 0 Å². The van der Waals surface area contributed by atoms with Crippen LogP contribution in [0.25, 0.3) is 6.08 Å². The van der Waals surface area contributed by atoms with E-state index in [4.69, 9.17) is 0 Å². The zero-order valence-corrected chi connectivity index (χ0v) is 9.33. The molecular weight excluding hydrogens is 172 g/mol. The van der Waals surface area contributed by atoms with Crippen LogP contribution in [-0.2, 0) is 0 Å². The maximum Gasteiger partial charge on any atom is 0.0722 e. The first-order chi connectivity index (χ1) is 6.52. The van der Waals surface area contributed by atoms with E-state index in [1.54, 1.807) is 6.92 Å². The molecule has 1 aromatic rings. The lowest BCUT2D eigenvalue weighted by Crippen LogP contribution is -2.01. The van der Waals surface area contributed by atoms with Gasteiger partial charge in [-0.1, -0.05) is 24.3 Å². The maximum atomic E-state index is 9.40. The van der Waals surface area contributed by atoms with Crippen molar-refractivity contribution in [2.24, 2.45) is 0 Å². The van der Waals surface area contributed by atoms with E-state index in [0.717, 1.165) is 5.57 Å². The Kier molecular flexibility index (Phi) is 3.48. The zero-order chi connectivity index (χ0) is 10.7. The van der Waals surface area contributed by atoms with Gasteiger partial charge < -0.3 is 5.11 Å². The largest absolute Gasteiger partial charge is 0.389 e. The molecule has 0 aliphatic carbocycles. The molecular formula is C13H18O. The minimum atomic E-state index is -0.367. The van der Waals surface area contributed by atoms with Crippen LogP contribution in [0.15, 0.2) is 23.8 Å². The Labute approximate surface area is 86.1 Å². The number of aliphatic hydroxyl groups excluding tert-OH is 1. The lowest BCUT2D eigenvalue weighted by molar-refractivity contribution is 0.232. The number of hydrogen-bond acceptors (Lipinski definition) is 1. The molecule has 0 spiro atoms. The Morgan fingerprint density at radius 3 is 2.21 bits per heavy atom. The smallest absolute Gasteiger partial charge is 0.0722 e. The molecule has 0 saturated heterocycles. The molecule has 1 N–H and O–H groups in total. The summed E-state index contributed by atoms with van der Waals surface area (Å²) in [7, 11) is 0. The van der Waals surface area contributed by atoms with Gasteiger partial charge in [0.25, 0.3) is 0 Å². The van der Waals surface area contributed by atoms with Crippen molar-refractivity contribution in [2.75, 3.05) is 0 Å². The summed E-state index contributed by atoms with van der Waals surface area (Å²) in [5, 5.41) is 9.40. The molecule has 0 heterocycles. The molecule has 0 fully saturated rings. The average Bonchev–Trinajstić information content (AvgIpc) is 2.11. The van der Waals surface area contributed by atoms with Crippen molar-refractivity contribution in [1.82, 2.24) is 0 Å². The highest BCUT2D eigenvalue weighted by Gasteiger charge is 2.02. The molecule has 0 bridgehead atoms. The molecule has 76 valence electrons. The summed E-state index contributed by atoms with van der Waals surface area (Å²) in [6, 6.07) is 6.24. The van der Waals surface area contributed by atoms with Crippen LogP contribution >= 0.6 is 0 Å². The zero-order valence-electron chi connectivity index (χ0n) is 9.33. The van der Waals surface area contributed by atoms with E-state index in [0.29, 0.717) is 0 Å². The van der Waals surface area contributed by atoms with Gasteiger partial charge in [0.1, 0.15) is 0 Å². The van der Waals surface area contributed by atoms with Gasteiger partial charge in [0.15, 0.2) is 0 Å². The van der Waals surface area contributed by atoms with Crippen LogP contribution in [0.5, 0.6) is 0 Å². The third kappa shape index (κ3) is 2.46. The monoisotopic (exact) mass is 190 g/mol. The SMILES string of the molecule is C/C(=C\c1c(C)cccc1C)C(C)O. The summed E-state index contributed by atoms with van der Waals surface area (Å²) in [6.07, 6.45) is 1.70. The molecule has 0 saturated carbocycles. The van der Waals surface area contributed by atoms with E-state index in [1.807, 2.05) is 6.92 Å². The van der Waals surface area contributed by atoms with Gasteiger partial charge in [-0.25, -0.2) is 0 Å². The molecule has 1 rings (SSSR count). The molecule has 14 heavy (non-hydrogen) atoms. The van der Waals surface area contributed by atoms with Gasteiger partial charge in [-0.15, -0.1) is 0 Å². The van der Waals surface area contributed by atoms with Gasteiger partial charge in [0.05, 0.1) is 6.10 Å². The minimum absolute atomic E-state index is 0.367. The van der Waals surface area contributed by atoms with Gasteiger partial charge in [-0.2, -0.15) is 0 Å². The van der Waals surface area contributed by atoms with Crippen molar-refractivity contribution in [2.45, 2.75) is 33.8 Å². The van der Waals surface area contributed by atoms with Crippen molar-refractivity contribution in [3.05, 3.63) is 40.5 Å². The first-order valence-corrected chi connectivity index (χ1v) is 4.95. The van der Waals surface area contributed by atoms with Crippen molar-refractivity contribution < 1.29 is 5.11 Å². The highest BCUT2D eigenvalue weighted by molar-refractivity contribution is 5.60. The van der Waals surface area contributed by atoms with Crippen LogP contribution < -0.4 is 0 Å². The second-order valence-corrected chi connectivity index (χ2v) is 3.87. The fourth-order valence-electron chi connectivity index (χ4n) is 1.40. The molecule has 0 amide bonds. The van der Waals surface area contributed by atoms with E-state index < -0.39 is 0 Å². The normalized spacial score (nSPS) is 14.2. The van der Waals surface area contributed by atoms with Gasteiger partial charge in [-0.05, 0) is 50.0 Å². The van der Waals surface area contributed by atoms with E-state index in [-0.39, 0.29) is 6.10 Å². The highest BCUT2D eigenvalue weighted by Crippen LogP contribution is 2.17. The maximum absolute atomic E-state index is 9.40. The van der Waals surface area contributed by atoms with E-state index in [2.05, 4.69) is 38.1 Å². The average molecular weight is 190 g/mol. The third-order valence-electron chi connectivity index (χ3n) is 2.57. The number of rotatable bonds is 2. The second kappa shape index (κ2) is 4.43. The quantitative estimate of drug-likeness (QED) is 0.759. The Morgan fingerprint density at radius 2 is 1.79 bits per heavy atom. The van der Waals surface area contributed by atoms with Crippen LogP contribution in [0, 0.1) is 13.8 Å². The van der Waals surface area contributed by atoms with Crippen molar-refractivity contribution >= 4 is 6.08 Å². The topological polar surface area (TPSA) is 20.2 Å². The second-order valence-electron chi connectivity index (χ2n) is 3.87. The first kappa shape index (κ1) is 11.0. The van der Waals surface area contributed by atoms with Gasteiger partial charge in [0, 0.05) is 0 Å². The Morgan fingerprint density at radius 1 is 1.29 bits per heavy atom. The predicted octanol–water partition coefficient (Wildman–Crippen LogP) is 3.09. The van der Waals surface area contributed by atoms with E-state index in [9.17, 15) is 5.11 Å². The van der Waals surface area contributed by atoms with Gasteiger partial charge >= 0.3 is 0 Å². The summed E-state index contributed by atoms with van der Waals surface area (Å²) in [5.41, 5.74) is 4.74. The Bertz CT molecular complexity index is 328. The van der Waals surface area contributed by atoms with Gasteiger partial charge in [0.2, 0.25) is 0 Å². The van der Waals surface area contributed by atoms with Gasteiger partial charge in [-0.3, -0.25) is 0 Å². The number of benzene rings is 1. The first-order valence-electron chi connectivity index (χ1n) is 4.95. The Balaban J connectivity index is 3.14. The van der Waals surface area contributed by atoms with Crippen LogP contribution in [0.1, 0.15) is 30.5 Å². The standard InChI is InChI=1S/C13H18O/c1-9-6-5-7-10(2)13(9)8-11(3)12(4)14/h5-8,12,14H,1-4H3/b11-8+. The summed E-state index contributed by atoms with van der Waals surface area (Å²) in [4.78, 5) is 0. The number of aryl methyl sites for hydroxylation is 2. The molecule has 1 aromatic carbocycles. The minimum Gasteiger partial charge on any atom is -0.389 e. The summed E-state index contributed by atoms with van der Waals surface area (Å²) >= 11 is 0. The molecule has 1 unspecified atom stereocenters. The number of aliphatic hydroxyl groups is 1. The lowest BCUT2D eigenvalue weighted by Gasteiger charge is -2.08. The summed E-state index contributed by atoms with van der Waals surface area (Å²) in [5.74, 6) is 0. The third-order valence-corrected chi connectivity index (χ3v) is 2.57. The number of hydrogen-bond donors (Lipinski definition) is 1. The van der Waals surface area contributed by atoms with E-state index in [1.165, 1.54) is 16.7 Å². The molecule has 0 aliphatic heterocycles. The predicted molar refractivity (Wildman–Crippen MR) is 61.2 cm³/mol. The molecule has 1 nitrogen and oxygen atoms in total. The Hall–Kier alpha value is -1.08. The van der Waals surface area contributed by atoms with Crippen molar-refractivity contribution in [3.63, 3.8) is 0 Å². The van der Waals surface area contributed by atoms with Crippen LogP contribution in [0.2, 0.25) is 0 Å². The molecule has 0 radical (unpaired) electrons. The highest BCUT2D eigenvalue weighted by atomic mass is 16.3. The molecule has 0 aromatic heterocycles. The molecule has 1 heteroatoms. The molecule has 0 aliphatic rings. The van der Waals surface area contributed by atoms with Crippen LogP contribution in [0.3, 0.4) is 0 Å². The van der Waals surface area contributed by atoms with E-state index >= 15 is 0 Å². The lowest BCUT2D eigenvalue weighted by atomic mass is 9.99.